The van der Waals surface area contributed by atoms with Gasteiger partial charge in [-0.25, -0.2) is 10.4 Å². The largest absolute Gasteiger partial charge is 0.469 e. The second-order valence-electron chi connectivity index (χ2n) is 5.54. The van der Waals surface area contributed by atoms with Crippen molar-refractivity contribution in [2.45, 2.75) is 26.3 Å². The smallest absolute Gasteiger partial charge is 0.310 e. The molecule has 1 N–H and O–H groups in total. The number of carbonyl (C=O) groups is 1. The molecule has 0 aromatic heterocycles. The van der Waals surface area contributed by atoms with Crippen LogP contribution in [0.2, 0.25) is 0 Å². The summed E-state index contributed by atoms with van der Waals surface area (Å²) < 4.78 is 5.82. The molecule has 0 aliphatic carbocycles. The Bertz CT molecular complexity index is 752. The summed E-state index contributed by atoms with van der Waals surface area (Å²) in [5.74, 6) is 0.600. The molecule has 0 saturated carbocycles. The quantitative estimate of drug-likeness (QED) is 0.821. The molecule has 0 bridgehead atoms. The number of hydrogen-bond donors (Lipinski definition) is 1. The summed E-state index contributed by atoms with van der Waals surface area (Å²) in [5.41, 5.74) is 7.31. The Morgan fingerprint density at radius 2 is 2.22 bits per heavy atom. The molecule has 2 heterocycles. The molecule has 0 amide bonds. The third kappa shape index (κ3) is 3.09. The Kier molecular flexibility index (Phi) is 4.37. The fraction of sp³-hybridized carbons (Fsp3) is 0.294. The lowest BCUT2D eigenvalue weighted by molar-refractivity contribution is -0.139. The van der Waals surface area contributed by atoms with Crippen LogP contribution >= 0.6 is 15.9 Å². The molecule has 23 heavy (non-hydrogen) atoms. The van der Waals surface area contributed by atoms with Crippen LogP contribution < -0.4 is 5.43 Å². The van der Waals surface area contributed by atoms with Gasteiger partial charge in [-0.05, 0) is 37.6 Å². The van der Waals surface area contributed by atoms with E-state index >= 15 is 0 Å². The molecule has 0 radical (unpaired) electrons. The predicted molar refractivity (Wildman–Crippen MR) is 92.4 cm³/mol. The first-order valence-corrected chi connectivity index (χ1v) is 8.14. The Morgan fingerprint density at radius 3 is 2.91 bits per heavy atom. The summed E-state index contributed by atoms with van der Waals surface area (Å²) in [4.78, 5) is 16.2. The first-order valence-electron chi connectivity index (χ1n) is 7.35. The molecular formula is C17H18BrN3O2. The van der Waals surface area contributed by atoms with Crippen LogP contribution in [0.5, 0.6) is 0 Å². The highest BCUT2D eigenvalue weighted by Gasteiger charge is 2.30. The third-order valence-corrected chi connectivity index (χ3v) is 4.55. The van der Waals surface area contributed by atoms with Gasteiger partial charge in [-0.1, -0.05) is 28.1 Å². The van der Waals surface area contributed by atoms with Crippen molar-refractivity contribution in [2.75, 3.05) is 7.11 Å². The summed E-state index contributed by atoms with van der Waals surface area (Å²) in [5, 5.41) is 1.94. The monoisotopic (exact) mass is 375 g/mol. The van der Waals surface area contributed by atoms with Crippen molar-refractivity contribution < 1.29 is 9.53 Å². The fourth-order valence-corrected chi connectivity index (χ4v) is 3.22. The number of esters is 1. The summed E-state index contributed by atoms with van der Waals surface area (Å²) in [6, 6.07) is 8.21. The van der Waals surface area contributed by atoms with E-state index in [1.165, 1.54) is 7.11 Å². The Labute approximate surface area is 143 Å². The van der Waals surface area contributed by atoms with E-state index in [9.17, 15) is 4.79 Å². The van der Waals surface area contributed by atoms with Gasteiger partial charge in [0, 0.05) is 21.5 Å². The second kappa shape index (κ2) is 6.29. The van der Waals surface area contributed by atoms with Crippen LogP contribution in [0.25, 0.3) is 0 Å². The number of aliphatic imine (C=N–C) groups is 1. The number of hydrazine groups is 1. The lowest BCUT2D eigenvalue weighted by Crippen LogP contribution is -2.35. The van der Waals surface area contributed by atoms with Gasteiger partial charge >= 0.3 is 5.97 Å². The minimum Gasteiger partial charge on any atom is -0.469 e. The van der Waals surface area contributed by atoms with Gasteiger partial charge in [-0.3, -0.25) is 9.80 Å². The van der Waals surface area contributed by atoms with E-state index in [4.69, 9.17) is 4.74 Å². The van der Waals surface area contributed by atoms with Crippen LogP contribution in [-0.2, 0) is 9.53 Å². The van der Waals surface area contributed by atoms with E-state index < -0.39 is 0 Å². The average Bonchev–Trinajstić information content (AvgIpc) is 2.95. The van der Waals surface area contributed by atoms with Crippen LogP contribution in [0.4, 0.5) is 0 Å². The molecule has 6 heteroatoms. The SMILES string of the molecule is COC(=O)CC1=C(C)N2NC(c3cccc(Br)c3)C=C2N=C1C. The number of ether oxygens (including phenoxy) is 1. The van der Waals surface area contributed by atoms with E-state index in [0.717, 1.165) is 32.8 Å². The number of benzene rings is 1. The van der Waals surface area contributed by atoms with Gasteiger partial charge in [0.1, 0.15) is 5.82 Å². The molecule has 5 nitrogen and oxygen atoms in total. The molecule has 1 aromatic carbocycles. The Hall–Kier alpha value is -1.92. The minimum atomic E-state index is -0.260. The number of rotatable bonds is 3. The minimum absolute atomic E-state index is 0.0477. The van der Waals surface area contributed by atoms with Gasteiger partial charge in [-0.15, -0.1) is 0 Å². The number of nitrogens with zero attached hydrogens (tertiary/aromatic N) is 2. The molecule has 2 aliphatic rings. The number of fused-ring (bicyclic) bond motifs is 1. The maximum atomic E-state index is 11.6. The Morgan fingerprint density at radius 1 is 1.43 bits per heavy atom. The molecule has 1 aromatic rings. The maximum Gasteiger partial charge on any atom is 0.310 e. The van der Waals surface area contributed by atoms with Gasteiger partial charge in [0.25, 0.3) is 0 Å². The highest BCUT2D eigenvalue weighted by atomic mass is 79.9. The third-order valence-electron chi connectivity index (χ3n) is 4.06. The summed E-state index contributed by atoms with van der Waals surface area (Å²) >= 11 is 3.50. The average molecular weight is 376 g/mol. The van der Waals surface area contributed by atoms with E-state index in [1.807, 2.05) is 31.0 Å². The normalized spacial score (nSPS) is 20.2. The van der Waals surface area contributed by atoms with Crippen molar-refractivity contribution in [2.24, 2.45) is 4.99 Å². The topological polar surface area (TPSA) is 53.9 Å². The van der Waals surface area contributed by atoms with Crippen molar-refractivity contribution in [1.29, 1.82) is 0 Å². The lowest BCUT2D eigenvalue weighted by atomic mass is 10.0. The highest BCUT2D eigenvalue weighted by Crippen LogP contribution is 2.33. The van der Waals surface area contributed by atoms with Crippen molar-refractivity contribution >= 4 is 27.6 Å². The molecule has 2 aliphatic heterocycles. The summed E-state index contributed by atoms with van der Waals surface area (Å²) in [6.45, 7) is 3.91. The van der Waals surface area contributed by atoms with Crippen molar-refractivity contribution in [3.63, 3.8) is 0 Å². The van der Waals surface area contributed by atoms with E-state index in [1.54, 1.807) is 0 Å². The second-order valence-corrected chi connectivity index (χ2v) is 6.45. The molecule has 3 rings (SSSR count). The zero-order valence-electron chi connectivity index (χ0n) is 13.3. The lowest BCUT2D eigenvalue weighted by Gasteiger charge is -2.29. The molecule has 1 atom stereocenters. The molecule has 0 saturated heterocycles. The highest BCUT2D eigenvalue weighted by molar-refractivity contribution is 9.10. The maximum absolute atomic E-state index is 11.6. The predicted octanol–water partition coefficient (Wildman–Crippen LogP) is 3.46. The zero-order valence-corrected chi connectivity index (χ0v) is 14.8. The Balaban J connectivity index is 1.90. The van der Waals surface area contributed by atoms with Gasteiger partial charge < -0.3 is 4.74 Å². The van der Waals surface area contributed by atoms with Crippen molar-refractivity contribution in [3.05, 3.63) is 57.5 Å². The van der Waals surface area contributed by atoms with Crippen molar-refractivity contribution in [3.8, 4) is 0 Å². The summed E-state index contributed by atoms with van der Waals surface area (Å²) in [7, 11) is 1.40. The van der Waals surface area contributed by atoms with Gasteiger partial charge in [0.15, 0.2) is 0 Å². The zero-order chi connectivity index (χ0) is 16.6. The fourth-order valence-electron chi connectivity index (χ4n) is 2.80. The van der Waals surface area contributed by atoms with Crippen LogP contribution in [0.15, 0.2) is 56.9 Å². The standard InChI is InChI=1S/C17H18BrN3O2/c1-10-14(8-17(22)23-3)11(2)21-16(19-10)9-15(20-21)12-5-4-6-13(18)7-12/h4-7,9,15,20H,8H2,1-3H3. The van der Waals surface area contributed by atoms with E-state index in [2.05, 4.69) is 44.6 Å². The first kappa shape index (κ1) is 16.0. The molecule has 0 fully saturated rings. The van der Waals surface area contributed by atoms with Crippen molar-refractivity contribution in [1.82, 2.24) is 10.4 Å². The molecular weight excluding hydrogens is 358 g/mol. The number of methoxy groups -OCH3 is 1. The van der Waals surface area contributed by atoms with E-state index in [-0.39, 0.29) is 18.4 Å². The van der Waals surface area contributed by atoms with Crippen LogP contribution in [0.1, 0.15) is 31.9 Å². The number of nitrogens with one attached hydrogen (secondary N) is 1. The number of halogens is 1. The summed E-state index contributed by atoms with van der Waals surface area (Å²) in [6.07, 6.45) is 2.31. The van der Waals surface area contributed by atoms with Gasteiger partial charge in [0.05, 0.1) is 19.6 Å². The number of allylic oxidation sites excluding steroid dienone is 1. The molecule has 1 unspecified atom stereocenters. The number of carbonyl (C=O) groups excluding carboxylic acids is 1. The number of hydrogen-bond acceptors (Lipinski definition) is 5. The first-order chi connectivity index (χ1) is 11.0. The van der Waals surface area contributed by atoms with E-state index in [0.29, 0.717) is 0 Å². The van der Waals surface area contributed by atoms with Gasteiger partial charge in [0.2, 0.25) is 0 Å². The molecule has 120 valence electrons. The van der Waals surface area contributed by atoms with Crippen LogP contribution in [0, 0.1) is 0 Å². The molecule has 0 spiro atoms. The van der Waals surface area contributed by atoms with Crippen LogP contribution in [-0.4, -0.2) is 23.8 Å². The van der Waals surface area contributed by atoms with Crippen LogP contribution in [0.3, 0.4) is 0 Å². The van der Waals surface area contributed by atoms with Gasteiger partial charge in [-0.2, -0.15) is 0 Å².